The van der Waals surface area contributed by atoms with Gasteiger partial charge in [-0.3, -0.25) is 9.78 Å². The molecule has 0 bridgehead atoms. The third-order valence-electron chi connectivity index (χ3n) is 2.86. The minimum absolute atomic E-state index is 0.196. The highest BCUT2D eigenvalue weighted by Gasteiger charge is 2.05. The second kappa shape index (κ2) is 7.89. The van der Waals surface area contributed by atoms with E-state index in [2.05, 4.69) is 4.98 Å². The fourth-order valence-corrected chi connectivity index (χ4v) is 1.76. The molecule has 5 nitrogen and oxygen atoms in total. The van der Waals surface area contributed by atoms with Gasteiger partial charge in [0.2, 0.25) is 0 Å². The van der Waals surface area contributed by atoms with Crippen molar-refractivity contribution in [1.29, 1.82) is 0 Å². The lowest BCUT2D eigenvalue weighted by Crippen LogP contribution is -2.12. The first-order valence-electron chi connectivity index (χ1n) is 6.77. The number of anilines is 1. The Morgan fingerprint density at radius 1 is 1.14 bits per heavy atom. The number of pyridine rings is 1. The molecule has 1 heterocycles. The number of carbonyl (C=O) groups is 1. The molecular weight excluding hydrogens is 268 g/mol. The number of nitrogen functional groups attached to an aromatic ring is 1. The number of nitrogens with two attached hydrogens (primary N) is 1. The normalized spacial score (nSPS) is 10.1. The van der Waals surface area contributed by atoms with Gasteiger partial charge in [-0.15, -0.1) is 0 Å². The Kier molecular flexibility index (Phi) is 5.58. The van der Waals surface area contributed by atoms with Crippen molar-refractivity contribution in [2.45, 2.75) is 12.8 Å². The molecular formula is C16H18N2O3. The van der Waals surface area contributed by atoms with Gasteiger partial charge in [-0.2, -0.15) is 0 Å². The quantitative estimate of drug-likeness (QED) is 0.624. The Hall–Kier alpha value is -2.56. The van der Waals surface area contributed by atoms with E-state index in [1.807, 2.05) is 24.3 Å². The summed E-state index contributed by atoms with van der Waals surface area (Å²) in [7, 11) is 0. The van der Waals surface area contributed by atoms with Gasteiger partial charge in [0.25, 0.3) is 0 Å². The molecule has 1 aromatic carbocycles. The van der Waals surface area contributed by atoms with Crippen LogP contribution in [0.3, 0.4) is 0 Å². The van der Waals surface area contributed by atoms with Gasteiger partial charge < -0.3 is 15.2 Å². The second-order valence-corrected chi connectivity index (χ2v) is 4.47. The molecule has 1 aromatic heterocycles. The molecule has 2 rings (SSSR count). The minimum atomic E-state index is -0.284. The van der Waals surface area contributed by atoms with Gasteiger partial charge >= 0.3 is 5.97 Å². The van der Waals surface area contributed by atoms with E-state index in [9.17, 15) is 4.79 Å². The molecule has 21 heavy (non-hydrogen) atoms. The predicted molar refractivity (Wildman–Crippen MR) is 79.9 cm³/mol. The van der Waals surface area contributed by atoms with Gasteiger partial charge in [0.05, 0.1) is 25.3 Å². The molecule has 2 N–H and O–H groups in total. The Morgan fingerprint density at radius 2 is 2.00 bits per heavy atom. The number of esters is 1. The van der Waals surface area contributed by atoms with E-state index in [1.165, 1.54) is 0 Å². The van der Waals surface area contributed by atoms with Gasteiger partial charge in [0.15, 0.2) is 0 Å². The van der Waals surface area contributed by atoms with Crippen LogP contribution in [0.2, 0.25) is 0 Å². The van der Waals surface area contributed by atoms with Crippen molar-refractivity contribution in [3.63, 3.8) is 0 Å². The van der Waals surface area contributed by atoms with E-state index in [0.29, 0.717) is 24.5 Å². The molecule has 0 aliphatic carbocycles. The third-order valence-corrected chi connectivity index (χ3v) is 2.86. The third kappa shape index (κ3) is 5.14. The highest BCUT2D eigenvalue weighted by Crippen LogP contribution is 2.19. The number of aromatic nitrogens is 1. The fraction of sp³-hybridized carbons (Fsp3) is 0.250. The first-order valence-corrected chi connectivity index (χ1v) is 6.77. The average Bonchev–Trinajstić information content (AvgIpc) is 2.50. The molecule has 0 saturated heterocycles. The molecule has 110 valence electrons. The van der Waals surface area contributed by atoms with Crippen LogP contribution in [0.15, 0.2) is 48.8 Å². The van der Waals surface area contributed by atoms with E-state index < -0.39 is 0 Å². The van der Waals surface area contributed by atoms with Crippen LogP contribution in [0.4, 0.5) is 5.69 Å². The van der Waals surface area contributed by atoms with E-state index in [4.69, 9.17) is 15.2 Å². The Bertz CT molecular complexity index is 573. The van der Waals surface area contributed by atoms with Crippen LogP contribution in [0.25, 0.3) is 0 Å². The summed E-state index contributed by atoms with van der Waals surface area (Å²) in [6.07, 6.45) is 4.32. The number of hydrogen-bond acceptors (Lipinski definition) is 5. The van der Waals surface area contributed by atoms with Crippen LogP contribution in [-0.4, -0.2) is 24.2 Å². The van der Waals surface area contributed by atoms with Crippen LogP contribution in [-0.2, 0) is 16.0 Å². The molecule has 5 heteroatoms. The highest BCUT2D eigenvalue weighted by molar-refractivity contribution is 5.69. The summed E-state index contributed by atoms with van der Waals surface area (Å²) < 4.78 is 10.6. The van der Waals surface area contributed by atoms with Crippen molar-refractivity contribution in [1.82, 2.24) is 4.98 Å². The Balaban J connectivity index is 1.63. The van der Waals surface area contributed by atoms with Crippen LogP contribution in [0.5, 0.6) is 5.75 Å². The molecule has 0 radical (unpaired) electrons. The Morgan fingerprint density at radius 3 is 2.76 bits per heavy atom. The standard InChI is InChI=1S/C16H18N2O3/c17-14-5-1-2-6-15(14)20-11-8-16(19)21-10-7-13-4-3-9-18-12-13/h1-6,9,12H,7-8,10-11,17H2. The van der Waals surface area contributed by atoms with Gasteiger partial charge in [-0.05, 0) is 23.8 Å². The summed E-state index contributed by atoms with van der Waals surface area (Å²) in [6, 6.07) is 11.0. The maximum atomic E-state index is 11.6. The number of rotatable bonds is 7. The summed E-state index contributed by atoms with van der Waals surface area (Å²) in [5.74, 6) is 0.300. The van der Waals surface area contributed by atoms with Crippen LogP contribution >= 0.6 is 0 Å². The van der Waals surface area contributed by atoms with Gasteiger partial charge in [0.1, 0.15) is 5.75 Å². The SMILES string of the molecule is Nc1ccccc1OCCC(=O)OCCc1cccnc1. The number of carbonyl (C=O) groups excluding carboxylic acids is 1. The average molecular weight is 286 g/mol. The van der Waals surface area contributed by atoms with Crippen LogP contribution in [0, 0.1) is 0 Å². The molecule has 0 aliphatic rings. The van der Waals surface area contributed by atoms with Crippen molar-refractivity contribution >= 4 is 11.7 Å². The van der Waals surface area contributed by atoms with Crippen LogP contribution in [0.1, 0.15) is 12.0 Å². The molecule has 0 unspecified atom stereocenters. The molecule has 0 fully saturated rings. The molecule has 0 atom stereocenters. The van der Waals surface area contributed by atoms with Crippen molar-refractivity contribution in [2.75, 3.05) is 18.9 Å². The lowest BCUT2D eigenvalue weighted by Gasteiger charge is -2.08. The van der Waals surface area contributed by atoms with E-state index in [0.717, 1.165) is 5.56 Å². The summed E-state index contributed by atoms with van der Waals surface area (Å²) in [5.41, 5.74) is 7.33. The lowest BCUT2D eigenvalue weighted by molar-refractivity contribution is -0.144. The summed E-state index contributed by atoms with van der Waals surface area (Å²) in [5, 5.41) is 0. The van der Waals surface area contributed by atoms with Gasteiger partial charge in [0, 0.05) is 18.8 Å². The topological polar surface area (TPSA) is 74.4 Å². The zero-order valence-corrected chi connectivity index (χ0v) is 11.7. The van der Waals surface area contributed by atoms with Gasteiger partial charge in [-0.1, -0.05) is 18.2 Å². The second-order valence-electron chi connectivity index (χ2n) is 4.47. The van der Waals surface area contributed by atoms with Crippen LogP contribution < -0.4 is 10.5 Å². The van der Waals surface area contributed by atoms with E-state index in [1.54, 1.807) is 24.5 Å². The van der Waals surface area contributed by atoms with E-state index in [-0.39, 0.29) is 19.0 Å². The van der Waals surface area contributed by atoms with Crippen molar-refractivity contribution in [3.05, 3.63) is 54.4 Å². The lowest BCUT2D eigenvalue weighted by atomic mass is 10.2. The number of benzene rings is 1. The minimum Gasteiger partial charge on any atom is -0.491 e. The molecule has 0 aliphatic heterocycles. The smallest absolute Gasteiger partial charge is 0.309 e. The molecule has 0 spiro atoms. The molecule has 2 aromatic rings. The zero-order valence-electron chi connectivity index (χ0n) is 11.7. The summed E-state index contributed by atoms with van der Waals surface area (Å²) in [4.78, 5) is 15.6. The monoisotopic (exact) mass is 286 g/mol. The maximum Gasteiger partial charge on any atom is 0.309 e. The van der Waals surface area contributed by atoms with Gasteiger partial charge in [-0.25, -0.2) is 0 Å². The summed E-state index contributed by atoms with van der Waals surface area (Å²) in [6.45, 7) is 0.595. The number of nitrogens with zero attached hydrogens (tertiary/aromatic N) is 1. The van der Waals surface area contributed by atoms with Crippen molar-refractivity contribution in [2.24, 2.45) is 0 Å². The predicted octanol–water partition coefficient (Wildman–Crippen LogP) is 2.22. The molecule has 0 saturated carbocycles. The number of ether oxygens (including phenoxy) is 2. The highest BCUT2D eigenvalue weighted by atomic mass is 16.5. The van der Waals surface area contributed by atoms with E-state index >= 15 is 0 Å². The number of para-hydroxylation sites is 2. The molecule has 0 amide bonds. The first-order chi connectivity index (χ1) is 10.3. The first kappa shape index (κ1) is 14.8. The number of hydrogen-bond donors (Lipinski definition) is 1. The largest absolute Gasteiger partial charge is 0.491 e. The fourth-order valence-electron chi connectivity index (χ4n) is 1.76. The Labute approximate surface area is 123 Å². The van der Waals surface area contributed by atoms with Crippen molar-refractivity contribution in [3.8, 4) is 5.75 Å². The van der Waals surface area contributed by atoms with Crippen molar-refractivity contribution < 1.29 is 14.3 Å². The summed E-state index contributed by atoms with van der Waals surface area (Å²) >= 11 is 0. The maximum absolute atomic E-state index is 11.6. The zero-order chi connectivity index (χ0) is 14.9.